The Balaban J connectivity index is 2.39. The lowest BCUT2D eigenvalue weighted by Crippen LogP contribution is -2.14. The van der Waals surface area contributed by atoms with Gasteiger partial charge in [0.05, 0.1) is 20.6 Å². The van der Waals surface area contributed by atoms with Crippen molar-refractivity contribution < 1.29 is 33.7 Å². The summed E-state index contributed by atoms with van der Waals surface area (Å²) < 4.78 is 15.2. The molecule has 0 saturated heterocycles. The Hall–Kier alpha value is -2.48. The summed E-state index contributed by atoms with van der Waals surface area (Å²) in [6, 6.07) is 0. The molecular weight excluding hydrogens is 384 g/mol. The van der Waals surface area contributed by atoms with Gasteiger partial charge in [-0.25, -0.2) is 4.79 Å². The molecule has 0 amide bonds. The molecule has 0 spiro atoms. The Morgan fingerprint density at radius 3 is 2.57 bits per heavy atom. The highest BCUT2D eigenvalue weighted by molar-refractivity contribution is 7.96. The average Bonchev–Trinajstić information content (AvgIpc) is 3.04. The first-order chi connectivity index (χ1) is 13.2. The van der Waals surface area contributed by atoms with E-state index in [1.54, 1.807) is 19.9 Å². The molecule has 0 aliphatic carbocycles. The van der Waals surface area contributed by atoms with Crippen LogP contribution in [0.1, 0.15) is 46.8 Å². The summed E-state index contributed by atoms with van der Waals surface area (Å²) in [6.45, 7) is 3.70. The highest BCUT2D eigenvalue weighted by Crippen LogP contribution is 2.42. The molecule has 2 rings (SSSR count). The van der Waals surface area contributed by atoms with E-state index in [0.717, 1.165) is 11.1 Å². The number of allylic oxidation sites excluding steroid dienone is 2. The van der Waals surface area contributed by atoms with Crippen molar-refractivity contribution >= 4 is 29.7 Å². The number of hydrogen-bond acceptors (Lipinski definition) is 7. The van der Waals surface area contributed by atoms with Crippen molar-refractivity contribution in [2.75, 3.05) is 14.2 Å². The number of carbonyl (C=O) groups is 3. The van der Waals surface area contributed by atoms with E-state index in [4.69, 9.17) is 14.2 Å². The van der Waals surface area contributed by atoms with Crippen molar-refractivity contribution in [2.24, 2.45) is 5.92 Å². The molecule has 1 aromatic carbocycles. The van der Waals surface area contributed by atoms with E-state index in [1.165, 1.54) is 14.2 Å². The zero-order valence-corrected chi connectivity index (χ0v) is 17.2. The number of fused-ring (bicyclic) bond motifs is 1. The Morgan fingerprint density at radius 1 is 1.32 bits per heavy atom. The molecule has 1 atom stereocenters. The lowest BCUT2D eigenvalue weighted by atomic mass is 9.90. The number of carbonyl (C=O) groups excluding carboxylic acids is 3. The van der Waals surface area contributed by atoms with Gasteiger partial charge in [0.15, 0.2) is 5.12 Å². The van der Waals surface area contributed by atoms with Crippen molar-refractivity contribution in [2.45, 2.75) is 39.7 Å². The van der Waals surface area contributed by atoms with Gasteiger partial charge in [0, 0.05) is 17.5 Å². The van der Waals surface area contributed by atoms with Gasteiger partial charge in [0.25, 0.3) is 0 Å². The number of phenolic OH excluding ortho intramolecular Hbond substituents is 1. The molecule has 7 nitrogen and oxygen atoms in total. The summed E-state index contributed by atoms with van der Waals surface area (Å²) >= 11 is 3.81. The Bertz CT molecular complexity index is 842. The Kier molecular flexibility index (Phi) is 7.12. The third-order valence-corrected chi connectivity index (χ3v) is 5.16. The number of phenols is 1. The molecular formula is C20H24O7S. The molecule has 0 saturated carbocycles. The molecule has 1 aliphatic rings. The second-order valence-corrected chi connectivity index (χ2v) is 7.14. The van der Waals surface area contributed by atoms with E-state index in [0.29, 0.717) is 16.9 Å². The molecule has 1 N–H and O–H groups in total. The van der Waals surface area contributed by atoms with Gasteiger partial charge in [-0.3, -0.25) is 9.59 Å². The fourth-order valence-electron chi connectivity index (χ4n) is 3.35. The summed E-state index contributed by atoms with van der Waals surface area (Å²) in [4.78, 5) is 35.1. The van der Waals surface area contributed by atoms with Crippen LogP contribution >= 0.6 is 12.6 Å². The van der Waals surface area contributed by atoms with Crippen LogP contribution in [0.2, 0.25) is 0 Å². The topological polar surface area (TPSA) is 99.1 Å². The summed E-state index contributed by atoms with van der Waals surface area (Å²) in [5.74, 6) is -1.05. The van der Waals surface area contributed by atoms with E-state index in [9.17, 15) is 19.5 Å². The van der Waals surface area contributed by atoms with Crippen LogP contribution in [0.3, 0.4) is 0 Å². The second kappa shape index (κ2) is 9.14. The summed E-state index contributed by atoms with van der Waals surface area (Å²) in [5, 5.41) is 10.3. The van der Waals surface area contributed by atoms with Crippen LogP contribution in [0.4, 0.5) is 0 Å². The van der Waals surface area contributed by atoms with Crippen molar-refractivity contribution in [1.82, 2.24) is 0 Å². The molecule has 0 radical (unpaired) electrons. The van der Waals surface area contributed by atoms with Gasteiger partial charge in [-0.05, 0) is 31.7 Å². The smallest absolute Gasteiger partial charge is 0.342 e. The maximum absolute atomic E-state index is 12.0. The number of rotatable bonds is 8. The predicted octanol–water partition coefficient (Wildman–Crippen LogP) is 2.89. The fourth-order valence-corrected chi connectivity index (χ4v) is 3.57. The number of aromatic hydroxyl groups is 1. The largest absolute Gasteiger partial charge is 0.507 e. The normalized spacial score (nSPS) is 14.3. The van der Waals surface area contributed by atoms with Crippen molar-refractivity contribution in [3.8, 4) is 11.5 Å². The number of ether oxygens (including phenoxy) is 3. The van der Waals surface area contributed by atoms with E-state index >= 15 is 0 Å². The minimum Gasteiger partial charge on any atom is -0.507 e. The van der Waals surface area contributed by atoms with Crippen LogP contribution in [-0.2, 0) is 32.1 Å². The fraction of sp³-hybridized carbons (Fsp3) is 0.450. The first-order valence-corrected chi connectivity index (χ1v) is 9.19. The van der Waals surface area contributed by atoms with Crippen molar-refractivity contribution in [3.63, 3.8) is 0 Å². The minimum atomic E-state index is -0.565. The van der Waals surface area contributed by atoms with Gasteiger partial charge in [0.1, 0.15) is 23.7 Å². The molecule has 8 heteroatoms. The predicted molar refractivity (Wildman–Crippen MR) is 105 cm³/mol. The second-order valence-electron chi connectivity index (χ2n) is 6.64. The van der Waals surface area contributed by atoms with Gasteiger partial charge < -0.3 is 19.3 Å². The van der Waals surface area contributed by atoms with Crippen LogP contribution in [0, 0.1) is 12.8 Å². The van der Waals surface area contributed by atoms with Crippen LogP contribution in [0.15, 0.2) is 11.6 Å². The van der Waals surface area contributed by atoms with E-state index in [2.05, 4.69) is 12.6 Å². The van der Waals surface area contributed by atoms with Crippen LogP contribution in [-0.4, -0.2) is 36.4 Å². The zero-order valence-electron chi connectivity index (χ0n) is 16.3. The molecule has 152 valence electrons. The number of esters is 2. The molecule has 1 aliphatic heterocycles. The number of hydrogen-bond donors (Lipinski definition) is 2. The Morgan fingerprint density at radius 2 is 2.00 bits per heavy atom. The maximum atomic E-state index is 12.0. The molecule has 1 unspecified atom stereocenters. The monoisotopic (exact) mass is 408 g/mol. The summed E-state index contributed by atoms with van der Waals surface area (Å²) in [6.07, 6.45) is 2.18. The van der Waals surface area contributed by atoms with Gasteiger partial charge in [-0.15, -0.1) is 12.6 Å². The third kappa shape index (κ3) is 4.49. The standard InChI is InChI=1S/C20H24O7S/c1-10(12(8-16(22)28)7-15(21)25-3)5-6-13-18(23)17-14(9-27-20(17)24)11(2)19(13)26-4/h5,12,23H,6-9H2,1-4H3,(H,22,28)/b10-5+. The highest BCUT2D eigenvalue weighted by atomic mass is 32.1. The number of benzene rings is 1. The lowest BCUT2D eigenvalue weighted by molar-refractivity contribution is -0.141. The molecule has 0 aromatic heterocycles. The number of cyclic esters (lactones) is 1. The highest BCUT2D eigenvalue weighted by Gasteiger charge is 2.32. The number of methoxy groups -OCH3 is 2. The molecule has 0 fully saturated rings. The first-order valence-electron chi connectivity index (χ1n) is 8.74. The van der Waals surface area contributed by atoms with Crippen molar-refractivity contribution in [1.29, 1.82) is 0 Å². The van der Waals surface area contributed by atoms with Gasteiger partial charge in [0.2, 0.25) is 0 Å². The van der Waals surface area contributed by atoms with Crippen LogP contribution < -0.4 is 4.74 Å². The van der Waals surface area contributed by atoms with Crippen molar-refractivity contribution in [3.05, 3.63) is 33.9 Å². The zero-order chi connectivity index (χ0) is 21.0. The number of thiol groups is 1. The van der Waals surface area contributed by atoms with Gasteiger partial charge in [-0.1, -0.05) is 11.6 Å². The Labute approximate surface area is 169 Å². The van der Waals surface area contributed by atoms with E-state index in [1.807, 2.05) is 0 Å². The molecule has 28 heavy (non-hydrogen) atoms. The van der Waals surface area contributed by atoms with E-state index < -0.39 is 11.9 Å². The minimum absolute atomic E-state index is 0.0454. The maximum Gasteiger partial charge on any atom is 0.342 e. The first kappa shape index (κ1) is 21.8. The van der Waals surface area contributed by atoms with Gasteiger partial charge in [-0.2, -0.15) is 0 Å². The quantitative estimate of drug-likeness (QED) is 0.388. The average molecular weight is 408 g/mol. The van der Waals surface area contributed by atoms with E-state index in [-0.39, 0.29) is 48.2 Å². The SMILES string of the molecule is COC(=O)CC(CC(=O)S)/C(C)=C/Cc1c(O)c2c(c(C)c1OC)COC2=O. The lowest BCUT2D eigenvalue weighted by Gasteiger charge is -2.17. The molecule has 0 bridgehead atoms. The summed E-state index contributed by atoms with van der Waals surface area (Å²) in [5.41, 5.74) is 2.74. The van der Waals surface area contributed by atoms with Crippen LogP contribution in [0.25, 0.3) is 0 Å². The van der Waals surface area contributed by atoms with Crippen LogP contribution in [0.5, 0.6) is 11.5 Å². The third-order valence-electron chi connectivity index (χ3n) is 4.98. The molecule has 1 heterocycles. The van der Waals surface area contributed by atoms with Gasteiger partial charge >= 0.3 is 11.9 Å². The molecule has 1 aromatic rings. The summed E-state index contributed by atoms with van der Waals surface area (Å²) in [7, 11) is 2.78.